The molecule has 4 N–H and O–H groups in total. The molecule has 5 nitrogen and oxygen atoms in total. The van der Waals surface area contributed by atoms with Gasteiger partial charge in [0.25, 0.3) is 0 Å². The van der Waals surface area contributed by atoms with Crippen molar-refractivity contribution < 1.29 is 14.6 Å². The van der Waals surface area contributed by atoms with Gasteiger partial charge in [0.15, 0.2) is 5.78 Å². The van der Waals surface area contributed by atoms with Gasteiger partial charge in [-0.05, 0) is 38.0 Å². The second kappa shape index (κ2) is 8.64. The average molecular weight is 294 g/mol. The van der Waals surface area contributed by atoms with Gasteiger partial charge in [-0.3, -0.25) is 4.79 Å². The summed E-state index contributed by atoms with van der Waals surface area (Å²) in [4.78, 5) is 12.5. The Bertz CT molecular complexity index is 459. The van der Waals surface area contributed by atoms with Crippen molar-refractivity contribution in [1.82, 2.24) is 5.32 Å². The summed E-state index contributed by atoms with van der Waals surface area (Å²) in [6, 6.07) is 4.71. The summed E-state index contributed by atoms with van der Waals surface area (Å²) in [5.41, 5.74) is 6.93. The lowest BCUT2D eigenvalue weighted by molar-refractivity contribution is 0.0923. The van der Waals surface area contributed by atoms with Gasteiger partial charge in [0.2, 0.25) is 0 Å². The zero-order valence-electron chi connectivity index (χ0n) is 13.1. The number of aliphatic hydroxyl groups excluding tert-OH is 1. The van der Waals surface area contributed by atoms with Crippen LogP contribution in [-0.4, -0.2) is 36.2 Å². The molecule has 0 radical (unpaired) electrons. The molecular formula is C16H26N2O3. The summed E-state index contributed by atoms with van der Waals surface area (Å²) in [5, 5.41) is 12.4. The summed E-state index contributed by atoms with van der Waals surface area (Å²) in [5.74, 6) is 0.580. The van der Waals surface area contributed by atoms with E-state index in [0.29, 0.717) is 30.0 Å². The predicted octanol–water partition coefficient (Wildman–Crippen LogP) is 1.99. The minimum atomic E-state index is -0.320. The molecule has 0 aromatic heterocycles. The van der Waals surface area contributed by atoms with Gasteiger partial charge in [-0.25, -0.2) is 0 Å². The molecule has 0 aliphatic carbocycles. The lowest BCUT2D eigenvalue weighted by Gasteiger charge is -2.22. The molecule has 118 valence electrons. The zero-order valence-corrected chi connectivity index (χ0v) is 13.1. The first kappa shape index (κ1) is 17.5. The smallest absolute Gasteiger partial charge is 0.179 e. The maximum Gasteiger partial charge on any atom is 0.179 e. The van der Waals surface area contributed by atoms with Crippen LogP contribution in [0.25, 0.3) is 0 Å². The first-order chi connectivity index (χ1) is 10.1. The Labute approximate surface area is 126 Å². The molecule has 0 aliphatic heterocycles. The summed E-state index contributed by atoms with van der Waals surface area (Å²) >= 11 is 0. The molecule has 0 heterocycles. The van der Waals surface area contributed by atoms with Crippen molar-refractivity contribution in [3.05, 3.63) is 23.8 Å². The van der Waals surface area contributed by atoms with Crippen molar-refractivity contribution in [3.63, 3.8) is 0 Å². The molecule has 0 aliphatic rings. The van der Waals surface area contributed by atoms with Gasteiger partial charge < -0.3 is 20.9 Å². The number of aliphatic hydroxyl groups is 1. The van der Waals surface area contributed by atoms with E-state index in [9.17, 15) is 9.90 Å². The van der Waals surface area contributed by atoms with Crippen molar-refractivity contribution in [1.29, 1.82) is 0 Å². The van der Waals surface area contributed by atoms with Crippen LogP contribution in [0.2, 0.25) is 0 Å². The third-order valence-electron chi connectivity index (χ3n) is 3.47. The highest BCUT2D eigenvalue weighted by molar-refractivity contribution is 6.01. The number of carbonyl (C=O) groups is 1. The van der Waals surface area contributed by atoms with E-state index in [4.69, 9.17) is 10.5 Å². The number of ketones is 1. The Balaban J connectivity index is 2.87. The Morgan fingerprint density at radius 3 is 2.52 bits per heavy atom. The highest BCUT2D eigenvalue weighted by atomic mass is 16.5. The van der Waals surface area contributed by atoms with Crippen molar-refractivity contribution in [2.75, 3.05) is 18.9 Å². The van der Waals surface area contributed by atoms with E-state index in [1.165, 1.54) is 0 Å². The number of ether oxygens (including phenoxy) is 1. The number of hydrogen-bond donors (Lipinski definition) is 3. The Morgan fingerprint density at radius 2 is 2.05 bits per heavy atom. The molecule has 0 spiro atoms. The fraction of sp³-hybridized carbons (Fsp3) is 0.562. The minimum Gasteiger partial charge on any atom is -0.492 e. The number of Topliss-reactive ketones (excluding diaryl/α,β-unsaturated/α-hetero) is 1. The van der Waals surface area contributed by atoms with Crippen molar-refractivity contribution in [2.24, 2.45) is 0 Å². The Kier molecular flexibility index (Phi) is 7.19. The molecule has 2 atom stereocenters. The fourth-order valence-electron chi connectivity index (χ4n) is 2.15. The maximum atomic E-state index is 12.5. The molecule has 21 heavy (non-hydrogen) atoms. The van der Waals surface area contributed by atoms with Crippen molar-refractivity contribution >= 4 is 11.5 Å². The van der Waals surface area contributed by atoms with E-state index in [2.05, 4.69) is 5.32 Å². The van der Waals surface area contributed by atoms with Crippen LogP contribution in [0.4, 0.5) is 5.69 Å². The van der Waals surface area contributed by atoms with Crippen molar-refractivity contribution in [3.8, 4) is 5.75 Å². The van der Waals surface area contributed by atoms with Crippen molar-refractivity contribution in [2.45, 2.75) is 45.7 Å². The Hall–Kier alpha value is -1.59. The minimum absolute atomic E-state index is 0.0147. The number of anilines is 1. The molecule has 1 rings (SSSR count). The van der Waals surface area contributed by atoms with Crippen LogP contribution in [0.1, 0.15) is 44.0 Å². The van der Waals surface area contributed by atoms with Crippen LogP contribution >= 0.6 is 0 Å². The molecule has 0 saturated carbocycles. The molecule has 0 amide bonds. The number of rotatable bonds is 9. The van der Waals surface area contributed by atoms with Gasteiger partial charge in [-0.15, -0.1) is 0 Å². The molecule has 0 bridgehead atoms. The summed E-state index contributed by atoms with van der Waals surface area (Å²) in [6.45, 7) is 6.35. The van der Waals surface area contributed by atoms with Gasteiger partial charge in [-0.2, -0.15) is 0 Å². The molecule has 2 unspecified atom stereocenters. The van der Waals surface area contributed by atoms with Crippen LogP contribution in [0.3, 0.4) is 0 Å². The normalized spacial score (nSPS) is 13.7. The van der Waals surface area contributed by atoms with Crippen LogP contribution in [0.5, 0.6) is 5.75 Å². The zero-order chi connectivity index (χ0) is 15.8. The predicted molar refractivity (Wildman–Crippen MR) is 84.7 cm³/mol. The third-order valence-corrected chi connectivity index (χ3v) is 3.47. The van der Waals surface area contributed by atoms with Gasteiger partial charge in [0.1, 0.15) is 5.75 Å². The monoisotopic (exact) mass is 294 g/mol. The lowest BCUT2D eigenvalue weighted by Crippen LogP contribution is -2.44. The molecule has 5 heteroatoms. The third kappa shape index (κ3) is 4.72. The molecular weight excluding hydrogens is 268 g/mol. The quantitative estimate of drug-likeness (QED) is 0.479. The summed E-state index contributed by atoms with van der Waals surface area (Å²) < 4.78 is 5.37. The number of nitrogens with two attached hydrogens (primary N) is 1. The highest BCUT2D eigenvalue weighted by Gasteiger charge is 2.21. The highest BCUT2D eigenvalue weighted by Crippen LogP contribution is 2.23. The van der Waals surface area contributed by atoms with Gasteiger partial charge in [-0.1, -0.05) is 13.8 Å². The molecule has 0 saturated heterocycles. The van der Waals surface area contributed by atoms with Gasteiger partial charge in [0, 0.05) is 11.6 Å². The van der Waals surface area contributed by atoms with E-state index < -0.39 is 0 Å². The number of benzene rings is 1. The van der Waals surface area contributed by atoms with E-state index in [1.54, 1.807) is 18.2 Å². The van der Waals surface area contributed by atoms with E-state index in [1.807, 2.05) is 20.8 Å². The largest absolute Gasteiger partial charge is 0.492 e. The van der Waals surface area contributed by atoms with Gasteiger partial charge in [0.05, 0.1) is 24.9 Å². The maximum absolute atomic E-state index is 12.5. The molecule has 1 aromatic carbocycles. The van der Waals surface area contributed by atoms with Crippen LogP contribution in [0.15, 0.2) is 18.2 Å². The molecule has 0 fully saturated rings. The Morgan fingerprint density at radius 1 is 1.33 bits per heavy atom. The summed E-state index contributed by atoms with van der Waals surface area (Å²) in [6.07, 6.45) is 1.42. The topological polar surface area (TPSA) is 84.6 Å². The second-order valence-electron chi connectivity index (χ2n) is 4.97. The second-order valence-corrected chi connectivity index (χ2v) is 4.97. The first-order valence-corrected chi connectivity index (χ1v) is 7.50. The standard InChI is InChI=1S/C16H26N2O3/c1-4-12(10-19)18-14(5-2)16(20)11-7-8-15(21-6-3)13(17)9-11/h7-9,12,14,18-19H,4-6,10,17H2,1-3H3. The van der Waals surface area contributed by atoms with E-state index in [0.717, 1.165) is 6.42 Å². The number of nitrogens with one attached hydrogen (secondary N) is 1. The number of carbonyl (C=O) groups excluding carboxylic acids is 1. The first-order valence-electron chi connectivity index (χ1n) is 7.50. The molecule has 1 aromatic rings. The SMILES string of the molecule is CCOc1ccc(C(=O)C(CC)NC(CC)CO)cc1N. The lowest BCUT2D eigenvalue weighted by atomic mass is 10.00. The average Bonchev–Trinajstić information content (AvgIpc) is 2.50. The van der Waals surface area contributed by atoms with Crippen LogP contribution in [0, 0.1) is 0 Å². The van der Waals surface area contributed by atoms with E-state index >= 15 is 0 Å². The van der Waals surface area contributed by atoms with Crippen LogP contribution < -0.4 is 15.8 Å². The number of hydrogen-bond acceptors (Lipinski definition) is 5. The number of nitrogen functional groups attached to an aromatic ring is 1. The van der Waals surface area contributed by atoms with Crippen LogP contribution in [-0.2, 0) is 0 Å². The fourth-order valence-corrected chi connectivity index (χ4v) is 2.15. The van der Waals surface area contributed by atoms with E-state index in [-0.39, 0.29) is 24.5 Å². The summed E-state index contributed by atoms with van der Waals surface area (Å²) in [7, 11) is 0. The van der Waals surface area contributed by atoms with Gasteiger partial charge >= 0.3 is 0 Å².